The summed E-state index contributed by atoms with van der Waals surface area (Å²) in [5, 5.41) is 10.5. The van der Waals surface area contributed by atoms with Crippen LogP contribution in [0.5, 0.6) is 0 Å². The third-order valence-corrected chi connectivity index (χ3v) is 3.32. The SMILES string of the molecule is CC(C)(CO)Cc1c[nH]c2ccc(Br)cc12. The van der Waals surface area contributed by atoms with Crippen LogP contribution in [0.25, 0.3) is 10.9 Å². The van der Waals surface area contributed by atoms with Gasteiger partial charge in [-0.1, -0.05) is 29.8 Å². The van der Waals surface area contributed by atoms with E-state index < -0.39 is 0 Å². The van der Waals surface area contributed by atoms with E-state index in [0.717, 1.165) is 16.4 Å². The van der Waals surface area contributed by atoms with Gasteiger partial charge in [-0.25, -0.2) is 0 Å². The molecule has 2 rings (SSSR count). The number of hydrogen-bond donors (Lipinski definition) is 2. The lowest BCUT2D eigenvalue weighted by atomic mass is 9.87. The molecule has 86 valence electrons. The van der Waals surface area contributed by atoms with Gasteiger partial charge in [0.15, 0.2) is 0 Å². The fraction of sp³-hybridized carbons (Fsp3) is 0.385. The van der Waals surface area contributed by atoms with E-state index in [-0.39, 0.29) is 12.0 Å². The zero-order valence-corrected chi connectivity index (χ0v) is 11.1. The molecule has 0 saturated carbocycles. The van der Waals surface area contributed by atoms with Gasteiger partial charge in [0.2, 0.25) is 0 Å². The molecule has 0 unspecified atom stereocenters. The van der Waals surface area contributed by atoms with Gasteiger partial charge in [-0.15, -0.1) is 0 Å². The Labute approximate surface area is 104 Å². The third kappa shape index (κ3) is 2.30. The van der Waals surface area contributed by atoms with Gasteiger partial charge >= 0.3 is 0 Å². The molecule has 0 saturated heterocycles. The van der Waals surface area contributed by atoms with E-state index in [2.05, 4.69) is 46.9 Å². The van der Waals surface area contributed by atoms with E-state index >= 15 is 0 Å². The summed E-state index contributed by atoms with van der Waals surface area (Å²) in [4.78, 5) is 3.26. The van der Waals surface area contributed by atoms with Crippen molar-refractivity contribution in [1.29, 1.82) is 0 Å². The van der Waals surface area contributed by atoms with Gasteiger partial charge in [-0.05, 0) is 35.6 Å². The number of aliphatic hydroxyl groups is 1. The van der Waals surface area contributed by atoms with Crippen LogP contribution >= 0.6 is 15.9 Å². The van der Waals surface area contributed by atoms with Crippen molar-refractivity contribution in [2.75, 3.05) is 6.61 Å². The second-order valence-corrected chi connectivity index (χ2v) is 5.92. The monoisotopic (exact) mass is 281 g/mol. The molecule has 0 radical (unpaired) electrons. The zero-order chi connectivity index (χ0) is 11.8. The van der Waals surface area contributed by atoms with E-state index in [1.807, 2.05) is 12.3 Å². The van der Waals surface area contributed by atoms with Crippen LogP contribution in [-0.2, 0) is 6.42 Å². The van der Waals surface area contributed by atoms with Crippen LogP contribution in [0.4, 0.5) is 0 Å². The second-order valence-electron chi connectivity index (χ2n) is 5.00. The molecule has 16 heavy (non-hydrogen) atoms. The van der Waals surface area contributed by atoms with Gasteiger partial charge in [0.05, 0.1) is 0 Å². The molecule has 2 N–H and O–H groups in total. The Hall–Kier alpha value is -0.800. The zero-order valence-electron chi connectivity index (χ0n) is 9.55. The van der Waals surface area contributed by atoms with E-state index in [9.17, 15) is 5.11 Å². The van der Waals surface area contributed by atoms with E-state index in [1.165, 1.54) is 10.9 Å². The van der Waals surface area contributed by atoms with Crippen molar-refractivity contribution in [2.24, 2.45) is 5.41 Å². The lowest BCUT2D eigenvalue weighted by Gasteiger charge is -2.20. The maximum atomic E-state index is 9.30. The van der Waals surface area contributed by atoms with E-state index in [0.29, 0.717) is 0 Å². The summed E-state index contributed by atoms with van der Waals surface area (Å²) in [5.41, 5.74) is 2.33. The molecule has 1 heterocycles. The van der Waals surface area contributed by atoms with Crippen molar-refractivity contribution in [3.05, 3.63) is 34.4 Å². The highest BCUT2D eigenvalue weighted by molar-refractivity contribution is 9.10. The standard InChI is InChI=1S/C13H16BrNO/c1-13(2,8-16)6-9-7-15-12-4-3-10(14)5-11(9)12/h3-5,7,15-16H,6,8H2,1-2H3. The summed E-state index contributed by atoms with van der Waals surface area (Å²) in [5.74, 6) is 0. The molecule has 0 bridgehead atoms. The molecule has 0 aliphatic heterocycles. The number of aliphatic hydroxyl groups excluding tert-OH is 1. The van der Waals surface area contributed by atoms with Crippen molar-refractivity contribution in [3.63, 3.8) is 0 Å². The molecule has 0 atom stereocenters. The minimum absolute atomic E-state index is 0.0720. The fourth-order valence-electron chi connectivity index (χ4n) is 1.87. The summed E-state index contributed by atoms with van der Waals surface area (Å²) < 4.78 is 1.09. The predicted molar refractivity (Wildman–Crippen MR) is 70.6 cm³/mol. The molecular formula is C13H16BrNO. The van der Waals surface area contributed by atoms with Crippen molar-refractivity contribution >= 4 is 26.8 Å². The van der Waals surface area contributed by atoms with Gasteiger partial charge in [0.1, 0.15) is 0 Å². The summed E-state index contributed by atoms with van der Waals surface area (Å²) in [6.07, 6.45) is 2.91. The summed E-state index contributed by atoms with van der Waals surface area (Å²) >= 11 is 3.48. The van der Waals surface area contributed by atoms with E-state index in [4.69, 9.17) is 0 Å². The van der Waals surface area contributed by atoms with Crippen LogP contribution in [0.3, 0.4) is 0 Å². The molecule has 3 heteroatoms. The maximum Gasteiger partial charge on any atom is 0.0485 e. The van der Waals surface area contributed by atoms with E-state index in [1.54, 1.807) is 0 Å². The number of H-pyrrole nitrogens is 1. The van der Waals surface area contributed by atoms with Crippen molar-refractivity contribution < 1.29 is 5.11 Å². The van der Waals surface area contributed by atoms with Gasteiger partial charge in [0.25, 0.3) is 0 Å². The molecule has 0 aliphatic rings. The first kappa shape index (κ1) is 11.7. The van der Waals surface area contributed by atoms with Crippen molar-refractivity contribution in [1.82, 2.24) is 4.98 Å². The van der Waals surface area contributed by atoms with Gasteiger partial charge in [-0.3, -0.25) is 0 Å². The number of aromatic amines is 1. The number of fused-ring (bicyclic) bond motifs is 1. The first-order valence-corrected chi connectivity index (χ1v) is 6.17. The van der Waals surface area contributed by atoms with Gasteiger partial charge < -0.3 is 10.1 Å². The number of aromatic nitrogens is 1. The number of halogens is 1. The smallest absolute Gasteiger partial charge is 0.0485 e. The normalized spacial score (nSPS) is 12.2. The maximum absolute atomic E-state index is 9.30. The van der Waals surface area contributed by atoms with Crippen LogP contribution < -0.4 is 0 Å². The van der Waals surface area contributed by atoms with Crippen molar-refractivity contribution in [3.8, 4) is 0 Å². The summed E-state index contributed by atoms with van der Waals surface area (Å²) in [6, 6.07) is 6.21. The Bertz CT molecular complexity index is 502. The number of hydrogen-bond acceptors (Lipinski definition) is 1. The quantitative estimate of drug-likeness (QED) is 0.888. The molecule has 2 nitrogen and oxygen atoms in total. The lowest BCUT2D eigenvalue weighted by molar-refractivity contribution is 0.160. The second kappa shape index (κ2) is 4.22. The largest absolute Gasteiger partial charge is 0.396 e. The fourth-order valence-corrected chi connectivity index (χ4v) is 2.23. The molecule has 0 spiro atoms. The minimum atomic E-state index is -0.0720. The highest BCUT2D eigenvalue weighted by Crippen LogP contribution is 2.28. The summed E-state index contributed by atoms with van der Waals surface area (Å²) in [7, 11) is 0. The molecular weight excluding hydrogens is 266 g/mol. The lowest BCUT2D eigenvalue weighted by Crippen LogP contribution is -2.19. The first-order valence-electron chi connectivity index (χ1n) is 5.38. The van der Waals surface area contributed by atoms with Crippen LogP contribution in [0, 0.1) is 5.41 Å². The average molecular weight is 282 g/mol. The van der Waals surface area contributed by atoms with Crippen molar-refractivity contribution in [2.45, 2.75) is 20.3 Å². The number of benzene rings is 1. The number of nitrogens with one attached hydrogen (secondary N) is 1. The Morgan fingerprint density at radius 3 is 2.81 bits per heavy atom. The molecule has 1 aromatic heterocycles. The Balaban J connectivity index is 2.41. The predicted octanol–water partition coefficient (Wildman–Crippen LogP) is 3.49. The number of rotatable bonds is 3. The molecule has 0 aliphatic carbocycles. The average Bonchev–Trinajstić information content (AvgIpc) is 2.61. The van der Waals surface area contributed by atoms with Crippen LogP contribution in [0.1, 0.15) is 19.4 Å². The minimum Gasteiger partial charge on any atom is -0.396 e. The van der Waals surface area contributed by atoms with Gasteiger partial charge in [0, 0.05) is 28.2 Å². The topological polar surface area (TPSA) is 36.0 Å². The third-order valence-electron chi connectivity index (χ3n) is 2.83. The molecule has 0 amide bonds. The Morgan fingerprint density at radius 1 is 1.38 bits per heavy atom. The van der Waals surface area contributed by atoms with Crippen LogP contribution in [0.2, 0.25) is 0 Å². The summed E-state index contributed by atoms with van der Waals surface area (Å²) in [6.45, 7) is 4.35. The first-order chi connectivity index (χ1) is 7.52. The van der Waals surface area contributed by atoms with Crippen LogP contribution in [0.15, 0.2) is 28.9 Å². The highest BCUT2D eigenvalue weighted by atomic mass is 79.9. The molecule has 2 aromatic rings. The Morgan fingerprint density at radius 2 is 2.12 bits per heavy atom. The van der Waals surface area contributed by atoms with Crippen LogP contribution in [-0.4, -0.2) is 16.7 Å². The Kier molecular flexibility index (Phi) is 3.08. The van der Waals surface area contributed by atoms with Gasteiger partial charge in [-0.2, -0.15) is 0 Å². The molecule has 0 fully saturated rings. The highest BCUT2D eigenvalue weighted by Gasteiger charge is 2.19. The molecule has 1 aromatic carbocycles.